The smallest absolute Gasteiger partial charge is 0.0898 e. The van der Waals surface area contributed by atoms with Crippen molar-refractivity contribution in [2.45, 2.75) is 13.5 Å². The fourth-order valence-electron chi connectivity index (χ4n) is 1.07. The van der Waals surface area contributed by atoms with Gasteiger partial charge in [-0.1, -0.05) is 0 Å². The second-order valence-corrected chi connectivity index (χ2v) is 4.69. The summed E-state index contributed by atoms with van der Waals surface area (Å²) in [7, 11) is 0. The lowest BCUT2D eigenvalue weighted by atomic mass is 10.5. The predicted molar refractivity (Wildman–Crippen MR) is 55.9 cm³/mol. The minimum Gasteiger partial charge on any atom is -0.266 e. The van der Waals surface area contributed by atoms with Gasteiger partial charge in [-0.05, 0) is 22.9 Å². The molecule has 0 radical (unpaired) electrons. The molecule has 2 aromatic heterocycles. The molecule has 0 N–H and O–H groups in total. The monoisotopic (exact) mass is 257 g/mol. The van der Waals surface area contributed by atoms with Gasteiger partial charge in [-0.25, -0.2) is 4.98 Å². The molecule has 68 valence electrons. The maximum Gasteiger partial charge on any atom is 0.0898 e. The van der Waals surface area contributed by atoms with Gasteiger partial charge in [-0.2, -0.15) is 5.10 Å². The maximum atomic E-state index is 4.36. The molecule has 0 amide bonds. The molecule has 2 heterocycles. The van der Waals surface area contributed by atoms with Crippen molar-refractivity contribution in [2.75, 3.05) is 0 Å². The Labute approximate surface area is 88.6 Å². The Hall–Kier alpha value is -0.680. The van der Waals surface area contributed by atoms with Crippen molar-refractivity contribution in [1.29, 1.82) is 0 Å². The van der Waals surface area contributed by atoms with Crippen LogP contribution in [0.3, 0.4) is 0 Å². The van der Waals surface area contributed by atoms with Gasteiger partial charge in [0, 0.05) is 11.6 Å². The number of thiazole rings is 1. The second-order valence-electron chi connectivity index (χ2n) is 2.71. The van der Waals surface area contributed by atoms with Crippen LogP contribution in [0.2, 0.25) is 0 Å². The van der Waals surface area contributed by atoms with Crippen LogP contribution in [0.5, 0.6) is 0 Å². The predicted octanol–water partition coefficient (Wildman–Crippen LogP) is 2.46. The lowest BCUT2D eigenvalue weighted by Gasteiger charge is -1.95. The number of aromatic nitrogens is 3. The summed E-state index contributed by atoms with van der Waals surface area (Å²) in [5.41, 5.74) is 1.07. The van der Waals surface area contributed by atoms with Crippen LogP contribution in [0.25, 0.3) is 0 Å². The first kappa shape index (κ1) is 8.90. The van der Waals surface area contributed by atoms with E-state index in [0.29, 0.717) is 0 Å². The van der Waals surface area contributed by atoms with Gasteiger partial charge in [0.05, 0.1) is 27.9 Å². The summed E-state index contributed by atoms with van der Waals surface area (Å²) in [4.78, 5) is 4.36. The molecule has 0 aliphatic rings. The lowest BCUT2D eigenvalue weighted by Crippen LogP contribution is -1.99. The molecule has 5 heteroatoms. The third-order valence-electron chi connectivity index (χ3n) is 1.59. The molecule has 0 saturated heterocycles. The largest absolute Gasteiger partial charge is 0.266 e. The molecule has 0 aromatic carbocycles. The van der Waals surface area contributed by atoms with E-state index in [1.807, 2.05) is 17.8 Å². The number of hydrogen-bond acceptors (Lipinski definition) is 3. The highest BCUT2D eigenvalue weighted by Crippen LogP contribution is 2.11. The van der Waals surface area contributed by atoms with E-state index >= 15 is 0 Å². The first-order valence-corrected chi connectivity index (χ1v) is 5.50. The van der Waals surface area contributed by atoms with Crippen molar-refractivity contribution < 1.29 is 0 Å². The van der Waals surface area contributed by atoms with E-state index in [9.17, 15) is 0 Å². The molecular formula is C8H8BrN3S. The quantitative estimate of drug-likeness (QED) is 0.828. The van der Waals surface area contributed by atoms with Crippen molar-refractivity contribution in [1.82, 2.24) is 14.8 Å². The molecular weight excluding hydrogens is 250 g/mol. The second kappa shape index (κ2) is 3.59. The van der Waals surface area contributed by atoms with Gasteiger partial charge in [0.15, 0.2) is 0 Å². The average molecular weight is 258 g/mol. The van der Waals surface area contributed by atoms with Crippen molar-refractivity contribution in [3.05, 3.63) is 32.9 Å². The van der Waals surface area contributed by atoms with Crippen LogP contribution >= 0.6 is 27.3 Å². The molecule has 0 aliphatic carbocycles. The van der Waals surface area contributed by atoms with Gasteiger partial charge in [-0.15, -0.1) is 11.3 Å². The summed E-state index contributed by atoms with van der Waals surface area (Å²) in [5.74, 6) is 0. The van der Waals surface area contributed by atoms with Crippen LogP contribution in [0.4, 0.5) is 0 Å². The number of aryl methyl sites for hydroxylation is 1. The van der Waals surface area contributed by atoms with Crippen LogP contribution in [-0.2, 0) is 6.54 Å². The third-order valence-corrected chi connectivity index (χ3v) is 2.82. The van der Waals surface area contributed by atoms with Gasteiger partial charge in [-0.3, -0.25) is 4.68 Å². The molecule has 0 atom stereocenters. The van der Waals surface area contributed by atoms with Crippen LogP contribution in [0.15, 0.2) is 22.2 Å². The van der Waals surface area contributed by atoms with Gasteiger partial charge >= 0.3 is 0 Å². The highest BCUT2D eigenvalue weighted by molar-refractivity contribution is 9.10. The fraction of sp³-hybridized carbons (Fsp3) is 0.250. The Bertz CT molecular complexity index is 369. The highest BCUT2D eigenvalue weighted by atomic mass is 79.9. The van der Waals surface area contributed by atoms with Gasteiger partial charge in [0.1, 0.15) is 0 Å². The molecule has 13 heavy (non-hydrogen) atoms. The van der Waals surface area contributed by atoms with Crippen molar-refractivity contribution in [2.24, 2.45) is 0 Å². The zero-order valence-corrected chi connectivity index (χ0v) is 9.47. The van der Waals surface area contributed by atoms with E-state index in [-0.39, 0.29) is 0 Å². The zero-order chi connectivity index (χ0) is 9.26. The fourth-order valence-corrected chi connectivity index (χ4v) is 2.00. The first-order valence-electron chi connectivity index (χ1n) is 3.83. The Morgan fingerprint density at radius 2 is 2.46 bits per heavy atom. The van der Waals surface area contributed by atoms with E-state index in [4.69, 9.17) is 0 Å². The van der Waals surface area contributed by atoms with Crippen molar-refractivity contribution in [3.63, 3.8) is 0 Å². The summed E-state index contributed by atoms with van der Waals surface area (Å²) in [6, 6.07) is 0. The van der Waals surface area contributed by atoms with Crippen LogP contribution < -0.4 is 0 Å². The number of rotatable bonds is 2. The highest BCUT2D eigenvalue weighted by Gasteiger charge is 2.00. The Morgan fingerprint density at radius 1 is 1.62 bits per heavy atom. The topological polar surface area (TPSA) is 30.7 Å². The summed E-state index contributed by atoms with van der Waals surface area (Å²) in [6.45, 7) is 2.75. The molecule has 0 aliphatic heterocycles. The standard InChI is InChI=1S/C8H8BrN3S/c1-6-11-8(5-13-6)4-12-3-7(9)2-10-12/h2-3,5H,4H2,1H3. The first-order chi connectivity index (χ1) is 6.24. The third kappa shape index (κ3) is 2.16. The Balaban J connectivity index is 2.14. The normalized spacial score (nSPS) is 10.6. The van der Waals surface area contributed by atoms with Crippen LogP contribution in [-0.4, -0.2) is 14.8 Å². The summed E-state index contributed by atoms with van der Waals surface area (Å²) < 4.78 is 2.86. The molecule has 0 unspecified atom stereocenters. The van der Waals surface area contributed by atoms with E-state index in [1.54, 1.807) is 17.5 Å². The average Bonchev–Trinajstić information content (AvgIpc) is 2.62. The molecule has 0 bridgehead atoms. The molecule has 0 spiro atoms. The van der Waals surface area contributed by atoms with Gasteiger partial charge in [0.2, 0.25) is 0 Å². The molecule has 2 aromatic rings. The minimum absolute atomic E-state index is 0.746. The zero-order valence-electron chi connectivity index (χ0n) is 7.07. The van der Waals surface area contributed by atoms with E-state index in [1.165, 1.54) is 0 Å². The minimum atomic E-state index is 0.746. The summed E-state index contributed by atoms with van der Waals surface area (Å²) >= 11 is 5.02. The number of halogens is 1. The Kier molecular flexibility index (Phi) is 2.46. The maximum absolute atomic E-state index is 4.36. The lowest BCUT2D eigenvalue weighted by molar-refractivity contribution is 0.674. The molecule has 2 rings (SSSR count). The van der Waals surface area contributed by atoms with Gasteiger partial charge < -0.3 is 0 Å². The van der Waals surface area contributed by atoms with Crippen molar-refractivity contribution in [3.8, 4) is 0 Å². The van der Waals surface area contributed by atoms with Gasteiger partial charge in [0.25, 0.3) is 0 Å². The van der Waals surface area contributed by atoms with Crippen LogP contribution in [0.1, 0.15) is 10.7 Å². The van der Waals surface area contributed by atoms with Crippen LogP contribution in [0, 0.1) is 6.92 Å². The Morgan fingerprint density at radius 3 is 3.00 bits per heavy atom. The van der Waals surface area contributed by atoms with Crippen molar-refractivity contribution >= 4 is 27.3 Å². The number of hydrogen-bond donors (Lipinski definition) is 0. The SMILES string of the molecule is Cc1nc(Cn2cc(Br)cn2)cs1. The molecule has 0 saturated carbocycles. The van der Waals surface area contributed by atoms with E-state index < -0.39 is 0 Å². The molecule has 0 fully saturated rings. The van der Waals surface area contributed by atoms with E-state index in [0.717, 1.165) is 21.7 Å². The van der Waals surface area contributed by atoms with E-state index in [2.05, 4.69) is 31.4 Å². The number of nitrogens with zero attached hydrogens (tertiary/aromatic N) is 3. The summed E-state index contributed by atoms with van der Waals surface area (Å²) in [5, 5.41) is 7.31. The molecule has 3 nitrogen and oxygen atoms in total. The summed E-state index contributed by atoms with van der Waals surface area (Å²) in [6.07, 6.45) is 3.72.